The van der Waals surface area contributed by atoms with Gasteiger partial charge in [0.15, 0.2) is 0 Å². The van der Waals surface area contributed by atoms with E-state index >= 15 is 0 Å². The van der Waals surface area contributed by atoms with E-state index in [1.807, 2.05) is 0 Å². The zero-order chi connectivity index (χ0) is 9.84. The lowest BCUT2D eigenvalue weighted by Crippen LogP contribution is -2.49. The van der Waals surface area contributed by atoms with Crippen molar-refractivity contribution in [1.29, 1.82) is 0 Å². The second kappa shape index (κ2) is 4.61. The highest BCUT2D eigenvalue weighted by atomic mass is 16.1. The number of piperidine rings is 1. The van der Waals surface area contributed by atoms with E-state index in [-0.39, 0.29) is 5.91 Å². The van der Waals surface area contributed by atoms with Crippen LogP contribution in [-0.4, -0.2) is 36.0 Å². The van der Waals surface area contributed by atoms with E-state index in [9.17, 15) is 4.79 Å². The number of hydrogen-bond acceptors (Lipinski definition) is 2. The molecule has 3 nitrogen and oxygen atoms in total. The largest absolute Gasteiger partial charge is 0.352 e. The lowest BCUT2D eigenvalue weighted by molar-refractivity contribution is -0.120. The van der Waals surface area contributed by atoms with Crippen LogP contribution in [0.1, 0.15) is 33.6 Å². The number of nitrogens with zero attached hydrogens (tertiary/aromatic N) is 1. The topological polar surface area (TPSA) is 32.3 Å². The minimum absolute atomic E-state index is 0.0932. The van der Waals surface area contributed by atoms with Gasteiger partial charge in [-0.1, -0.05) is 0 Å². The van der Waals surface area contributed by atoms with Crippen molar-refractivity contribution in [2.75, 3.05) is 13.1 Å². The number of likely N-dealkylation sites (tertiary alicyclic amines) is 1. The maximum absolute atomic E-state index is 10.9. The molecule has 0 bridgehead atoms. The summed E-state index contributed by atoms with van der Waals surface area (Å²) in [6, 6.07) is 0.963. The van der Waals surface area contributed by atoms with Gasteiger partial charge in [0.05, 0.1) is 0 Å². The summed E-state index contributed by atoms with van der Waals surface area (Å²) in [5, 5.41) is 2.99. The molecule has 1 fully saturated rings. The van der Waals surface area contributed by atoms with Gasteiger partial charge in [-0.25, -0.2) is 0 Å². The number of carbonyl (C=O) groups excluding carboxylic acids is 1. The highest BCUT2D eigenvalue weighted by molar-refractivity contribution is 5.73. The molecular weight excluding hydrogens is 164 g/mol. The fourth-order valence-electron chi connectivity index (χ4n) is 1.88. The number of nitrogens with one attached hydrogen (secondary N) is 1. The van der Waals surface area contributed by atoms with Crippen molar-refractivity contribution in [3.63, 3.8) is 0 Å². The number of amides is 1. The van der Waals surface area contributed by atoms with Gasteiger partial charge in [0, 0.05) is 25.6 Å². The van der Waals surface area contributed by atoms with Gasteiger partial charge in [0.25, 0.3) is 0 Å². The molecule has 1 aliphatic rings. The van der Waals surface area contributed by atoms with Crippen LogP contribution < -0.4 is 5.32 Å². The zero-order valence-corrected chi connectivity index (χ0v) is 8.84. The third-order valence-electron chi connectivity index (χ3n) is 2.59. The third kappa shape index (κ3) is 3.35. The van der Waals surface area contributed by atoms with Crippen LogP contribution in [0, 0.1) is 0 Å². The first kappa shape index (κ1) is 10.5. The summed E-state index contributed by atoms with van der Waals surface area (Å²) in [5.41, 5.74) is 0. The smallest absolute Gasteiger partial charge is 0.217 e. The minimum atomic E-state index is 0.0932. The molecule has 0 radical (unpaired) electrons. The Kier molecular flexibility index (Phi) is 3.72. The second-order valence-electron chi connectivity index (χ2n) is 4.13. The van der Waals surface area contributed by atoms with E-state index in [1.54, 1.807) is 6.92 Å². The summed E-state index contributed by atoms with van der Waals surface area (Å²) < 4.78 is 0. The van der Waals surface area contributed by atoms with E-state index in [4.69, 9.17) is 0 Å². The SMILES string of the molecule is CC(=O)NC1CCCN(C(C)C)C1. The third-order valence-corrected chi connectivity index (χ3v) is 2.59. The van der Waals surface area contributed by atoms with Gasteiger partial charge >= 0.3 is 0 Å². The lowest BCUT2D eigenvalue weighted by atomic mass is 10.0. The van der Waals surface area contributed by atoms with Crippen LogP contribution in [0.3, 0.4) is 0 Å². The molecule has 1 amide bonds. The molecule has 1 N–H and O–H groups in total. The normalized spacial score (nSPS) is 24.8. The maximum atomic E-state index is 10.9. The van der Waals surface area contributed by atoms with Crippen molar-refractivity contribution in [1.82, 2.24) is 10.2 Å². The fourth-order valence-corrected chi connectivity index (χ4v) is 1.88. The number of carbonyl (C=O) groups is 1. The van der Waals surface area contributed by atoms with E-state index in [2.05, 4.69) is 24.1 Å². The molecule has 1 rings (SSSR count). The average Bonchev–Trinajstić information content (AvgIpc) is 2.03. The Morgan fingerprint density at radius 2 is 2.23 bits per heavy atom. The molecule has 13 heavy (non-hydrogen) atoms. The van der Waals surface area contributed by atoms with E-state index < -0.39 is 0 Å². The summed E-state index contributed by atoms with van der Waals surface area (Å²) in [6.07, 6.45) is 2.33. The first-order valence-electron chi connectivity index (χ1n) is 5.10. The quantitative estimate of drug-likeness (QED) is 0.694. The van der Waals surface area contributed by atoms with Crippen molar-refractivity contribution in [3.8, 4) is 0 Å². The lowest BCUT2D eigenvalue weighted by Gasteiger charge is -2.35. The molecule has 1 aliphatic heterocycles. The van der Waals surface area contributed by atoms with Gasteiger partial charge < -0.3 is 5.32 Å². The molecule has 0 aromatic carbocycles. The van der Waals surface area contributed by atoms with Crippen LogP contribution in [0.2, 0.25) is 0 Å². The molecule has 0 saturated carbocycles. The molecule has 1 saturated heterocycles. The first-order chi connectivity index (χ1) is 6.09. The highest BCUT2D eigenvalue weighted by Crippen LogP contribution is 2.12. The Bertz CT molecular complexity index is 180. The van der Waals surface area contributed by atoms with E-state index in [0.717, 1.165) is 13.0 Å². The molecule has 0 spiro atoms. The Hall–Kier alpha value is -0.570. The van der Waals surface area contributed by atoms with Crippen LogP contribution in [-0.2, 0) is 4.79 Å². The van der Waals surface area contributed by atoms with Gasteiger partial charge in [0.1, 0.15) is 0 Å². The Morgan fingerprint density at radius 3 is 2.77 bits per heavy atom. The molecule has 0 aromatic heterocycles. The van der Waals surface area contributed by atoms with Crippen LogP contribution in [0.5, 0.6) is 0 Å². The molecule has 1 unspecified atom stereocenters. The van der Waals surface area contributed by atoms with Crippen LogP contribution in [0.4, 0.5) is 0 Å². The van der Waals surface area contributed by atoms with Crippen molar-refractivity contribution in [3.05, 3.63) is 0 Å². The number of rotatable bonds is 2. The Morgan fingerprint density at radius 1 is 1.54 bits per heavy atom. The molecule has 3 heteroatoms. The summed E-state index contributed by atoms with van der Waals surface area (Å²) in [7, 11) is 0. The van der Waals surface area contributed by atoms with Gasteiger partial charge in [-0.2, -0.15) is 0 Å². The predicted octanol–water partition coefficient (Wildman–Crippen LogP) is 0.995. The van der Waals surface area contributed by atoms with Gasteiger partial charge in [0.2, 0.25) is 5.91 Å². The Labute approximate surface area is 80.5 Å². The zero-order valence-electron chi connectivity index (χ0n) is 8.84. The van der Waals surface area contributed by atoms with Gasteiger partial charge in [-0.3, -0.25) is 9.69 Å². The fraction of sp³-hybridized carbons (Fsp3) is 0.900. The highest BCUT2D eigenvalue weighted by Gasteiger charge is 2.21. The first-order valence-corrected chi connectivity index (χ1v) is 5.10. The second-order valence-corrected chi connectivity index (χ2v) is 4.13. The molecule has 76 valence electrons. The summed E-state index contributed by atoms with van der Waals surface area (Å²) in [4.78, 5) is 13.3. The van der Waals surface area contributed by atoms with E-state index in [1.165, 1.54) is 13.0 Å². The Balaban J connectivity index is 2.37. The van der Waals surface area contributed by atoms with Crippen molar-refractivity contribution >= 4 is 5.91 Å². The van der Waals surface area contributed by atoms with Gasteiger partial charge in [-0.15, -0.1) is 0 Å². The summed E-state index contributed by atoms with van der Waals surface area (Å²) >= 11 is 0. The van der Waals surface area contributed by atoms with Crippen LogP contribution in [0.25, 0.3) is 0 Å². The summed E-state index contributed by atoms with van der Waals surface area (Å²) in [6.45, 7) is 8.19. The standard InChI is InChI=1S/C10H20N2O/c1-8(2)12-6-4-5-10(7-12)11-9(3)13/h8,10H,4-7H2,1-3H3,(H,11,13). The van der Waals surface area contributed by atoms with Crippen molar-refractivity contribution < 1.29 is 4.79 Å². The molecule has 1 heterocycles. The van der Waals surface area contributed by atoms with Crippen LogP contribution in [0.15, 0.2) is 0 Å². The summed E-state index contributed by atoms with van der Waals surface area (Å²) in [5.74, 6) is 0.0932. The van der Waals surface area contributed by atoms with Crippen molar-refractivity contribution in [2.24, 2.45) is 0 Å². The number of hydrogen-bond donors (Lipinski definition) is 1. The molecule has 1 atom stereocenters. The van der Waals surface area contributed by atoms with Crippen LogP contribution >= 0.6 is 0 Å². The average molecular weight is 184 g/mol. The molecule has 0 aromatic rings. The van der Waals surface area contributed by atoms with Gasteiger partial charge in [-0.05, 0) is 33.2 Å². The monoisotopic (exact) mass is 184 g/mol. The molecular formula is C10H20N2O. The molecule has 0 aliphatic carbocycles. The maximum Gasteiger partial charge on any atom is 0.217 e. The van der Waals surface area contributed by atoms with E-state index in [0.29, 0.717) is 12.1 Å². The van der Waals surface area contributed by atoms with Crippen molar-refractivity contribution in [2.45, 2.75) is 45.7 Å². The minimum Gasteiger partial charge on any atom is -0.352 e. The predicted molar refractivity (Wildman–Crippen MR) is 53.5 cm³/mol.